The van der Waals surface area contributed by atoms with E-state index in [1.807, 2.05) is 0 Å². The summed E-state index contributed by atoms with van der Waals surface area (Å²) in [6.07, 6.45) is 0. The zero-order chi connectivity index (χ0) is 16.7. The molecule has 0 bridgehead atoms. The normalized spacial score (nSPS) is 10.6. The summed E-state index contributed by atoms with van der Waals surface area (Å²) in [5.74, 6) is 2.63. The minimum absolute atomic E-state index is 0.0830. The third kappa shape index (κ3) is 6.07. The first-order valence-corrected chi connectivity index (χ1v) is 8.90. The molecule has 8 heteroatoms. The molecule has 0 aliphatic heterocycles. The zero-order valence-corrected chi connectivity index (χ0v) is 14.9. The van der Waals surface area contributed by atoms with Crippen LogP contribution in [0.3, 0.4) is 0 Å². The number of carbonyl (C=O) groups is 1. The van der Waals surface area contributed by atoms with Gasteiger partial charge < -0.3 is 9.47 Å². The van der Waals surface area contributed by atoms with Gasteiger partial charge in [0.1, 0.15) is 11.5 Å². The van der Waals surface area contributed by atoms with Crippen molar-refractivity contribution in [3.05, 3.63) is 24.3 Å². The second-order valence-corrected chi connectivity index (χ2v) is 7.33. The number of aromatic nitrogens is 2. The van der Waals surface area contributed by atoms with Gasteiger partial charge in [0.25, 0.3) is 5.91 Å². The van der Waals surface area contributed by atoms with Crippen LogP contribution in [0.5, 0.6) is 11.5 Å². The first-order chi connectivity index (χ1) is 11.1. The average molecular weight is 353 g/mol. The Balaban J connectivity index is 1.77. The van der Waals surface area contributed by atoms with Crippen molar-refractivity contribution in [1.82, 2.24) is 10.2 Å². The fourth-order valence-corrected chi connectivity index (χ4v) is 3.28. The molecule has 1 aromatic carbocycles. The number of methoxy groups -OCH3 is 1. The molecule has 2 rings (SSSR count). The van der Waals surface area contributed by atoms with Gasteiger partial charge >= 0.3 is 0 Å². The van der Waals surface area contributed by atoms with Crippen molar-refractivity contribution in [1.29, 1.82) is 0 Å². The molecule has 1 aromatic heterocycles. The van der Waals surface area contributed by atoms with Gasteiger partial charge in [-0.3, -0.25) is 10.1 Å². The molecule has 0 fully saturated rings. The van der Waals surface area contributed by atoms with Crippen LogP contribution >= 0.6 is 23.1 Å². The molecule has 1 heterocycles. The molecule has 23 heavy (non-hydrogen) atoms. The lowest BCUT2D eigenvalue weighted by atomic mass is 10.3. The van der Waals surface area contributed by atoms with Crippen LogP contribution in [0.25, 0.3) is 0 Å². The molecule has 1 N–H and O–H groups in total. The molecule has 0 unspecified atom stereocenters. The van der Waals surface area contributed by atoms with Crippen molar-refractivity contribution in [2.24, 2.45) is 5.92 Å². The highest BCUT2D eigenvalue weighted by molar-refractivity contribution is 8.01. The third-order valence-corrected chi connectivity index (χ3v) is 5.02. The highest BCUT2D eigenvalue weighted by atomic mass is 32.2. The number of hydrogen-bond donors (Lipinski definition) is 1. The second kappa shape index (κ2) is 8.73. The van der Waals surface area contributed by atoms with Crippen LogP contribution in [0.4, 0.5) is 5.13 Å². The topological polar surface area (TPSA) is 73.3 Å². The number of hydrogen-bond acceptors (Lipinski definition) is 7. The van der Waals surface area contributed by atoms with Crippen molar-refractivity contribution >= 4 is 34.1 Å². The van der Waals surface area contributed by atoms with Gasteiger partial charge in [0.2, 0.25) is 5.13 Å². The van der Waals surface area contributed by atoms with Crippen LogP contribution in [-0.4, -0.2) is 35.6 Å². The number of amides is 1. The summed E-state index contributed by atoms with van der Waals surface area (Å²) in [5, 5.41) is 11.2. The number of benzene rings is 1. The van der Waals surface area contributed by atoms with Crippen molar-refractivity contribution < 1.29 is 14.3 Å². The Morgan fingerprint density at radius 1 is 1.26 bits per heavy atom. The summed E-state index contributed by atoms with van der Waals surface area (Å²) >= 11 is 3.01. The SMILES string of the molecule is COc1ccc(OCC(=O)Nc2nnc(SCC(C)C)s2)cc1. The first-order valence-electron chi connectivity index (χ1n) is 7.10. The van der Waals surface area contributed by atoms with Crippen LogP contribution in [0.1, 0.15) is 13.8 Å². The fraction of sp³-hybridized carbons (Fsp3) is 0.400. The van der Waals surface area contributed by atoms with E-state index in [0.717, 1.165) is 15.8 Å². The van der Waals surface area contributed by atoms with Gasteiger partial charge in [-0.05, 0) is 30.2 Å². The molecule has 0 atom stereocenters. The van der Waals surface area contributed by atoms with Crippen LogP contribution in [0.15, 0.2) is 28.6 Å². The predicted octanol–water partition coefficient (Wildman–Crippen LogP) is 3.31. The van der Waals surface area contributed by atoms with Crippen LogP contribution in [0, 0.1) is 5.92 Å². The van der Waals surface area contributed by atoms with Crippen molar-refractivity contribution in [3.63, 3.8) is 0 Å². The summed E-state index contributed by atoms with van der Waals surface area (Å²) < 4.78 is 11.3. The van der Waals surface area contributed by atoms with E-state index in [2.05, 4.69) is 29.4 Å². The number of ether oxygens (including phenoxy) is 2. The molecule has 1 amide bonds. The van der Waals surface area contributed by atoms with E-state index in [1.54, 1.807) is 43.1 Å². The molecule has 0 aliphatic rings. The summed E-state index contributed by atoms with van der Waals surface area (Å²) in [6, 6.07) is 7.04. The first kappa shape index (κ1) is 17.6. The Labute approximate surface area is 143 Å². The number of rotatable bonds is 8. The van der Waals surface area contributed by atoms with Crippen LogP contribution < -0.4 is 14.8 Å². The molecule has 0 saturated heterocycles. The lowest BCUT2D eigenvalue weighted by Gasteiger charge is -2.06. The van der Waals surface area contributed by atoms with E-state index in [-0.39, 0.29) is 12.5 Å². The molecule has 2 aromatic rings. The Bertz CT molecular complexity index is 629. The number of carbonyl (C=O) groups excluding carboxylic acids is 1. The summed E-state index contributed by atoms with van der Waals surface area (Å²) in [6.45, 7) is 4.21. The minimum Gasteiger partial charge on any atom is -0.497 e. The quantitative estimate of drug-likeness (QED) is 0.580. The highest BCUT2D eigenvalue weighted by Gasteiger charge is 2.10. The minimum atomic E-state index is -0.266. The molecule has 0 radical (unpaired) electrons. The van der Waals surface area contributed by atoms with Gasteiger partial charge in [-0.15, -0.1) is 10.2 Å². The van der Waals surface area contributed by atoms with Gasteiger partial charge in [0.05, 0.1) is 7.11 Å². The van der Waals surface area contributed by atoms with E-state index in [1.165, 1.54) is 11.3 Å². The monoisotopic (exact) mass is 353 g/mol. The standard InChI is InChI=1S/C15H19N3O3S2/c1-10(2)9-22-15-18-17-14(23-15)16-13(19)8-21-12-6-4-11(20-3)5-7-12/h4-7,10H,8-9H2,1-3H3,(H,16,17,19). The van der Waals surface area contributed by atoms with E-state index in [4.69, 9.17) is 9.47 Å². The van der Waals surface area contributed by atoms with Crippen molar-refractivity contribution in [3.8, 4) is 11.5 Å². The summed E-state index contributed by atoms with van der Waals surface area (Å²) in [7, 11) is 1.60. The van der Waals surface area contributed by atoms with Crippen molar-refractivity contribution in [2.45, 2.75) is 18.2 Å². The Morgan fingerprint density at radius 3 is 2.61 bits per heavy atom. The number of anilines is 1. The Morgan fingerprint density at radius 2 is 1.96 bits per heavy atom. The molecule has 0 saturated carbocycles. The van der Waals surface area contributed by atoms with E-state index >= 15 is 0 Å². The lowest BCUT2D eigenvalue weighted by molar-refractivity contribution is -0.118. The van der Waals surface area contributed by atoms with E-state index in [0.29, 0.717) is 16.8 Å². The van der Waals surface area contributed by atoms with Gasteiger partial charge in [-0.2, -0.15) is 0 Å². The average Bonchev–Trinajstić information content (AvgIpc) is 2.99. The smallest absolute Gasteiger partial charge is 0.264 e. The van der Waals surface area contributed by atoms with E-state index in [9.17, 15) is 4.79 Å². The zero-order valence-electron chi connectivity index (χ0n) is 13.2. The molecule has 6 nitrogen and oxygen atoms in total. The van der Waals surface area contributed by atoms with Crippen LogP contribution in [0.2, 0.25) is 0 Å². The molecular formula is C15H19N3O3S2. The number of nitrogens with zero attached hydrogens (tertiary/aromatic N) is 2. The summed E-state index contributed by atoms with van der Waals surface area (Å²) in [5.41, 5.74) is 0. The van der Waals surface area contributed by atoms with Crippen LogP contribution in [-0.2, 0) is 4.79 Å². The Kier molecular flexibility index (Phi) is 6.66. The highest BCUT2D eigenvalue weighted by Crippen LogP contribution is 2.26. The molecular weight excluding hydrogens is 334 g/mol. The maximum atomic E-state index is 11.9. The van der Waals surface area contributed by atoms with Gasteiger partial charge in [0.15, 0.2) is 10.9 Å². The van der Waals surface area contributed by atoms with Gasteiger partial charge in [-0.1, -0.05) is 36.9 Å². The number of nitrogens with one attached hydrogen (secondary N) is 1. The van der Waals surface area contributed by atoms with E-state index < -0.39 is 0 Å². The molecule has 0 spiro atoms. The van der Waals surface area contributed by atoms with Gasteiger partial charge in [-0.25, -0.2) is 0 Å². The third-order valence-electron chi connectivity index (χ3n) is 2.62. The predicted molar refractivity (Wildman–Crippen MR) is 92.6 cm³/mol. The second-order valence-electron chi connectivity index (χ2n) is 5.09. The maximum absolute atomic E-state index is 11.9. The lowest BCUT2D eigenvalue weighted by Crippen LogP contribution is -2.20. The van der Waals surface area contributed by atoms with Crippen molar-refractivity contribution in [2.75, 3.05) is 24.8 Å². The molecule has 0 aliphatic carbocycles. The Hall–Kier alpha value is -1.80. The largest absolute Gasteiger partial charge is 0.497 e. The van der Waals surface area contributed by atoms with Gasteiger partial charge in [0, 0.05) is 5.75 Å². The summed E-state index contributed by atoms with van der Waals surface area (Å²) in [4.78, 5) is 11.9. The molecule has 124 valence electrons. The number of thioether (sulfide) groups is 1. The maximum Gasteiger partial charge on any atom is 0.264 e. The fourth-order valence-electron chi connectivity index (χ4n) is 1.53.